The highest BCUT2D eigenvalue weighted by Crippen LogP contribution is 2.30. The molecule has 17 heavy (non-hydrogen) atoms. The van der Waals surface area contributed by atoms with E-state index in [0.29, 0.717) is 17.9 Å². The van der Waals surface area contributed by atoms with Crippen LogP contribution < -0.4 is 4.90 Å². The molecule has 0 bridgehead atoms. The second-order valence-corrected chi connectivity index (χ2v) is 5.04. The van der Waals surface area contributed by atoms with Crippen molar-refractivity contribution in [3.8, 4) is 0 Å². The molecular weight excluding hydrogens is 271 g/mol. The Labute approximate surface area is 105 Å². The van der Waals surface area contributed by atoms with Crippen molar-refractivity contribution in [1.82, 2.24) is 0 Å². The highest BCUT2D eigenvalue weighted by Gasteiger charge is 2.30. The lowest BCUT2D eigenvalue weighted by Crippen LogP contribution is -2.39. The van der Waals surface area contributed by atoms with E-state index in [-0.39, 0.29) is 10.7 Å². The zero-order valence-corrected chi connectivity index (χ0v) is 10.0. The topological polar surface area (TPSA) is 20.3 Å². The second-order valence-electron chi connectivity index (χ2n) is 3.31. The van der Waals surface area contributed by atoms with Crippen LogP contribution >= 0.6 is 24.0 Å². The molecule has 0 radical (unpaired) electrons. The van der Waals surface area contributed by atoms with Gasteiger partial charge in [0.2, 0.25) is 5.91 Å². The Kier molecular flexibility index (Phi) is 3.39. The van der Waals surface area contributed by atoms with Gasteiger partial charge >= 0.3 is 0 Å². The van der Waals surface area contributed by atoms with Crippen LogP contribution in [0.25, 0.3) is 0 Å². The lowest BCUT2D eigenvalue weighted by molar-refractivity contribution is -0.117. The van der Waals surface area contributed by atoms with Gasteiger partial charge in [-0.05, 0) is 0 Å². The molecule has 1 heterocycles. The first-order valence-electron chi connectivity index (χ1n) is 4.65. The van der Waals surface area contributed by atoms with E-state index in [1.807, 2.05) is 0 Å². The molecule has 0 saturated carbocycles. The number of nitrogens with zero attached hydrogens (tertiary/aromatic N) is 1. The average molecular weight is 277 g/mol. The third-order valence-electron chi connectivity index (χ3n) is 2.18. The van der Waals surface area contributed by atoms with Crippen molar-refractivity contribution in [3.63, 3.8) is 0 Å². The maximum Gasteiger partial charge on any atom is 0.233 e. The quantitative estimate of drug-likeness (QED) is 0.736. The maximum absolute atomic E-state index is 13.5. The van der Waals surface area contributed by atoms with Gasteiger partial charge in [0.15, 0.2) is 11.6 Å². The van der Waals surface area contributed by atoms with Crippen LogP contribution in [-0.2, 0) is 4.79 Å². The van der Waals surface area contributed by atoms with Crippen molar-refractivity contribution in [2.75, 3.05) is 10.7 Å². The molecule has 1 saturated heterocycles. The van der Waals surface area contributed by atoms with Gasteiger partial charge < -0.3 is 0 Å². The van der Waals surface area contributed by atoms with Crippen LogP contribution in [0.5, 0.6) is 0 Å². The van der Waals surface area contributed by atoms with E-state index in [9.17, 15) is 18.0 Å². The highest BCUT2D eigenvalue weighted by molar-refractivity contribution is 8.23. The minimum absolute atomic E-state index is 0.0747. The number of thioether (sulfide) groups is 1. The van der Waals surface area contributed by atoms with Gasteiger partial charge in [-0.3, -0.25) is 9.69 Å². The van der Waals surface area contributed by atoms with Crippen LogP contribution in [-0.4, -0.2) is 16.0 Å². The molecule has 1 amide bonds. The van der Waals surface area contributed by atoms with Crippen molar-refractivity contribution in [3.05, 3.63) is 29.6 Å². The van der Waals surface area contributed by atoms with Crippen LogP contribution in [0.1, 0.15) is 6.42 Å². The van der Waals surface area contributed by atoms with E-state index in [1.165, 1.54) is 0 Å². The number of hydrogen-bond acceptors (Lipinski definition) is 3. The van der Waals surface area contributed by atoms with Crippen LogP contribution in [0.2, 0.25) is 0 Å². The molecule has 1 aliphatic heterocycles. The van der Waals surface area contributed by atoms with Gasteiger partial charge in [-0.25, -0.2) is 13.2 Å². The van der Waals surface area contributed by atoms with Crippen LogP contribution in [0, 0.1) is 17.5 Å². The highest BCUT2D eigenvalue weighted by atomic mass is 32.2. The lowest BCUT2D eigenvalue weighted by Gasteiger charge is -2.27. The third-order valence-corrected chi connectivity index (χ3v) is 3.55. The van der Waals surface area contributed by atoms with Crippen LogP contribution in [0.4, 0.5) is 18.9 Å². The van der Waals surface area contributed by atoms with E-state index >= 15 is 0 Å². The number of amides is 1. The molecule has 2 rings (SSSR count). The SMILES string of the molecule is O=C1CCSC(=S)N1c1c(F)cc(F)cc1F. The zero-order valence-electron chi connectivity index (χ0n) is 8.37. The number of hydrogen-bond donors (Lipinski definition) is 0. The van der Waals surface area contributed by atoms with Gasteiger partial charge in [-0.15, -0.1) is 0 Å². The summed E-state index contributed by atoms with van der Waals surface area (Å²) >= 11 is 6.04. The maximum atomic E-state index is 13.5. The average Bonchev–Trinajstić information content (AvgIpc) is 2.21. The van der Waals surface area contributed by atoms with Gasteiger partial charge in [-0.1, -0.05) is 24.0 Å². The standard InChI is InChI=1S/C10H6F3NOS2/c11-5-3-6(12)9(7(13)4-5)14-8(15)1-2-17-10(14)16/h3-4H,1-2H2. The summed E-state index contributed by atoms with van der Waals surface area (Å²) in [6, 6.07) is 1.04. The fourth-order valence-electron chi connectivity index (χ4n) is 1.47. The van der Waals surface area contributed by atoms with Gasteiger partial charge in [0, 0.05) is 24.3 Å². The molecule has 2 nitrogen and oxygen atoms in total. The Balaban J connectivity index is 2.52. The van der Waals surface area contributed by atoms with E-state index in [4.69, 9.17) is 12.2 Å². The normalized spacial score (nSPS) is 16.5. The number of benzene rings is 1. The summed E-state index contributed by atoms with van der Waals surface area (Å²) < 4.78 is 39.8. The van der Waals surface area contributed by atoms with Crippen molar-refractivity contribution < 1.29 is 18.0 Å². The van der Waals surface area contributed by atoms with Crippen molar-refractivity contribution in [1.29, 1.82) is 0 Å². The summed E-state index contributed by atoms with van der Waals surface area (Å²) in [4.78, 5) is 12.4. The molecule has 0 unspecified atom stereocenters. The molecule has 0 aromatic heterocycles. The van der Waals surface area contributed by atoms with Gasteiger partial charge in [0.05, 0.1) is 0 Å². The van der Waals surface area contributed by atoms with Gasteiger partial charge in [-0.2, -0.15) is 0 Å². The number of thiocarbonyl (C=S) groups is 1. The molecule has 1 aromatic carbocycles. The molecular formula is C10H6F3NOS2. The van der Waals surface area contributed by atoms with E-state index < -0.39 is 29.0 Å². The van der Waals surface area contributed by atoms with E-state index in [0.717, 1.165) is 16.7 Å². The Morgan fingerprint density at radius 2 is 1.82 bits per heavy atom. The first-order valence-corrected chi connectivity index (χ1v) is 6.04. The lowest BCUT2D eigenvalue weighted by atomic mass is 10.2. The first-order chi connectivity index (χ1) is 8.00. The number of carbonyl (C=O) groups is 1. The Hall–Kier alpha value is -1.08. The molecule has 0 N–H and O–H groups in total. The van der Waals surface area contributed by atoms with Crippen LogP contribution in [0.15, 0.2) is 12.1 Å². The Morgan fingerprint density at radius 3 is 2.35 bits per heavy atom. The summed E-state index contributed by atoms with van der Waals surface area (Å²) in [6.45, 7) is 0. The van der Waals surface area contributed by atoms with Gasteiger partial charge in [0.1, 0.15) is 15.8 Å². The van der Waals surface area contributed by atoms with Crippen molar-refractivity contribution >= 4 is 39.9 Å². The number of anilines is 1. The predicted octanol–water partition coefficient (Wildman–Crippen LogP) is 2.86. The zero-order chi connectivity index (χ0) is 12.6. The smallest absolute Gasteiger partial charge is 0.233 e. The monoisotopic (exact) mass is 277 g/mol. The summed E-state index contributed by atoms with van der Waals surface area (Å²) in [5, 5.41) is 0. The molecule has 0 spiro atoms. The largest absolute Gasteiger partial charge is 0.274 e. The summed E-state index contributed by atoms with van der Waals surface area (Å²) in [5.74, 6) is -3.31. The molecule has 90 valence electrons. The summed E-state index contributed by atoms with van der Waals surface area (Å²) in [6.07, 6.45) is 0.140. The molecule has 7 heteroatoms. The Bertz CT molecular complexity index is 467. The van der Waals surface area contributed by atoms with Gasteiger partial charge in [0.25, 0.3) is 0 Å². The van der Waals surface area contributed by atoms with E-state index in [1.54, 1.807) is 0 Å². The van der Waals surface area contributed by atoms with Crippen molar-refractivity contribution in [2.45, 2.75) is 6.42 Å². The third kappa shape index (κ3) is 2.30. The minimum atomic E-state index is -1.14. The molecule has 1 aliphatic rings. The molecule has 0 aliphatic carbocycles. The van der Waals surface area contributed by atoms with Crippen LogP contribution in [0.3, 0.4) is 0 Å². The molecule has 1 aromatic rings. The Morgan fingerprint density at radius 1 is 1.24 bits per heavy atom. The predicted molar refractivity (Wildman–Crippen MR) is 63.5 cm³/mol. The number of halogens is 3. The molecule has 1 fully saturated rings. The molecule has 0 atom stereocenters. The second kappa shape index (κ2) is 4.66. The summed E-state index contributed by atoms with van der Waals surface area (Å²) in [5.41, 5.74) is -0.603. The minimum Gasteiger partial charge on any atom is -0.274 e. The summed E-state index contributed by atoms with van der Waals surface area (Å²) in [7, 11) is 0. The number of rotatable bonds is 1. The fourth-order valence-corrected chi connectivity index (χ4v) is 2.68. The van der Waals surface area contributed by atoms with Crippen molar-refractivity contribution in [2.24, 2.45) is 0 Å². The first kappa shape index (κ1) is 12.4. The number of carbonyl (C=O) groups excluding carboxylic acids is 1. The van der Waals surface area contributed by atoms with E-state index in [2.05, 4.69) is 0 Å². The fraction of sp³-hybridized carbons (Fsp3) is 0.200.